The van der Waals surface area contributed by atoms with Crippen LogP contribution in [0.5, 0.6) is 11.5 Å². The molecule has 0 amide bonds. The second-order valence-corrected chi connectivity index (χ2v) is 5.53. The Morgan fingerprint density at radius 1 is 1.40 bits per heavy atom. The van der Waals surface area contributed by atoms with Gasteiger partial charge in [-0.05, 0) is 31.5 Å². The maximum absolute atomic E-state index is 10.1. The molecule has 0 aliphatic carbocycles. The first kappa shape index (κ1) is 14.9. The molecule has 20 heavy (non-hydrogen) atoms. The fourth-order valence-corrected chi connectivity index (χ4v) is 2.27. The van der Waals surface area contributed by atoms with E-state index in [4.69, 9.17) is 14.2 Å². The van der Waals surface area contributed by atoms with Gasteiger partial charge in [0.15, 0.2) is 11.5 Å². The minimum Gasteiger partial charge on any atom is -0.493 e. The van der Waals surface area contributed by atoms with E-state index in [1.807, 2.05) is 18.2 Å². The van der Waals surface area contributed by atoms with E-state index in [2.05, 4.69) is 6.07 Å². The lowest BCUT2D eigenvalue weighted by Crippen LogP contribution is -2.39. The number of ether oxygens (including phenoxy) is 3. The van der Waals surface area contributed by atoms with E-state index in [1.54, 1.807) is 28.1 Å². The van der Waals surface area contributed by atoms with Gasteiger partial charge in [0.25, 0.3) is 0 Å². The molecule has 1 heterocycles. The number of hydrogen-bond donors (Lipinski definition) is 1. The summed E-state index contributed by atoms with van der Waals surface area (Å²) in [5.41, 5.74) is 1.22. The molecule has 1 aliphatic rings. The third kappa shape index (κ3) is 3.14. The summed E-state index contributed by atoms with van der Waals surface area (Å²) in [6, 6.07) is 3.99. The third-order valence-electron chi connectivity index (χ3n) is 3.40. The van der Waals surface area contributed by atoms with Gasteiger partial charge in [0, 0.05) is 19.1 Å². The zero-order valence-electron chi connectivity index (χ0n) is 12.5. The monoisotopic (exact) mass is 278 g/mol. The van der Waals surface area contributed by atoms with Crippen molar-refractivity contribution in [3.63, 3.8) is 0 Å². The lowest BCUT2D eigenvalue weighted by Gasteiger charge is -2.24. The van der Waals surface area contributed by atoms with Crippen molar-refractivity contribution < 1.29 is 19.3 Å². The van der Waals surface area contributed by atoms with Crippen molar-refractivity contribution in [2.75, 3.05) is 20.8 Å². The molecular formula is C16H22O4. The average molecular weight is 278 g/mol. The van der Waals surface area contributed by atoms with E-state index >= 15 is 0 Å². The van der Waals surface area contributed by atoms with Gasteiger partial charge in [-0.1, -0.05) is 12.2 Å². The summed E-state index contributed by atoms with van der Waals surface area (Å²) in [6.45, 7) is 4.09. The molecule has 2 rings (SSSR count). The highest BCUT2D eigenvalue weighted by Gasteiger charge is 2.36. The van der Waals surface area contributed by atoms with E-state index in [0.717, 1.165) is 16.9 Å². The molecule has 1 aliphatic heterocycles. The van der Waals surface area contributed by atoms with Crippen molar-refractivity contribution in [3.05, 3.63) is 29.3 Å². The van der Waals surface area contributed by atoms with Crippen LogP contribution in [0.25, 0.3) is 6.08 Å². The van der Waals surface area contributed by atoms with Gasteiger partial charge in [-0.25, -0.2) is 0 Å². The molecule has 1 N–H and O–H groups in total. The molecule has 0 saturated heterocycles. The third-order valence-corrected chi connectivity index (χ3v) is 3.40. The molecule has 0 unspecified atom stereocenters. The van der Waals surface area contributed by atoms with Crippen LogP contribution in [0.2, 0.25) is 0 Å². The SMILES string of the molecule is COC/C=C/c1cc2c(c(OC)c1)O[C@H](C(C)(C)O)C2. The van der Waals surface area contributed by atoms with Crippen molar-refractivity contribution in [2.24, 2.45) is 0 Å². The minimum atomic E-state index is -0.879. The topological polar surface area (TPSA) is 47.9 Å². The van der Waals surface area contributed by atoms with Gasteiger partial charge in [0.2, 0.25) is 0 Å². The van der Waals surface area contributed by atoms with E-state index < -0.39 is 5.60 Å². The van der Waals surface area contributed by atoms with Gasteiger partial charge in [0.1, 0.15) is 6.10 Å². The first-order chi connectivity index (χ1) is 9.45. The van der Waals surface area contributed by atoms with Gasteiger partial charge < -0.3 is 19.3 Å². The molecule has 110 valence electrons. The molecule has 4 nitrogen and oxygen atoms in total. The molecule has 1 aromatic carbocycles. The first-order valence-electron chi connectivity index (χ1n) is 6.71. The van der Waals surface area contributed by atoms with Crippen LogP contribution in [0.4, 0.5) is 0 Å². The lowest BCUT2D eigenvalue weighted by atomic mass is 9.96. The smallest absolute Gasteiger partial charge is 0.165 e. The Hall–Kier alpha value is -1.52. The van der Waals surface area contributed by atoms with Crippen LogP contribution in [-0.2, 0) is 11.2 Å². The molecule has 4 heteroatoms. The van der Waals surface area contributed by atoms with Crippen LogP contribution in [0, 0.1) is 0 Å². The highest BCUT2D eigenvalue weighted by molar-refractivity contribution is 5.60. The second-order valence-electron chi connectivity index (χ2n) is 5.53. The fraction of sp³-hybridized carbons (Fsp3) is 0.500. The van der Waals surface area contributed by atoms with Crippen LogP contribution >= 0.6 is 0 Å². The summed E-state index contributed by atoms with van der Waals surface area (Å²) in [4.78, 5) is 0. The minimum absolute atomic E-state index is 0.246. The van der Waals surface area contributed by atoms with Gasteiger partial charge in [-0.2, -0.15) is 0 Å². The maximum atomic E-state index is 10.1. The number of benzene rings is 1. The summed E-state index contributed by atoms with van der Waals surface area (Å²) in [7, 11) is 3.29. The summed E-state index contributed by atoms with van der Waals surface area (Å²) in [5.74, 6) is 1.44. The van der Waals surface area contributed by atoms with Crippen LogP contribution < -0.4 is 9.47 Å². The Morgan fingerprint density at radius 2 is 2.15 bits per heavy atom. The lowest BCUT2D eigenvalue weighted by molar-refractivity contribution is -0.0235. The fourth-order valence-electron chi connectivity index (χ4n) is 2.27. The average Bonchev–Trinajstić information content (AvgIpc) is 2.82. The quantitative estimate of drug-likeness (QED) is 0.898. The number of rotatable bonds is 5. The Bertz CT molecular complexity index is 500. The zero-order chi connectivity index (χ0) is 14.8. The zero-order valence-corrected chi connectivity index (χ0v) is 12.5. The highest BCUT2D eigenvalue weighted by atomic mass is 16.5. The number of methoxy groups -OCH3 is 2. The van der Waals surface area contributed by atoms with Gasteiger partial charge in [-0.15, -0.1) is 0 Å². The molecule has 0 fully saturated rings. The molecule has 0 saturated carbocycles. The molecule has 0 spiro atoms. The summed E-state index contributed by atoms with van der Waals surface area (Å²) < 4.78 is 16.2. The molecule has 0 aromatic heterocycles. The van der Waals surface area contributed by atoms with E-state index in [9.17, 15) is 5.11 Å². The first-order valence-corrected chi connectivity index (χ1v) is 6.71. The van der Waals surface area contributed by atoms with Crippen LogP contribution in [0.3, 0.4) is 0 Å². The van der Waals surface area contributed by atoms with E-state index in [-0.39, 0.29) is 6.10 Å². The molecule has 1 atom stereocenters. The Kier molecular flexibility index (Phi) is 4.35. The van der Waals surface area contributed by atoms with Crippen molar-refractivity contribution in [3.8, 4) is 11.5 Å². The Balaban J connectivity index is 2.29. The molecule has 0 radical (unpaired) electrons. The molecule has 1 aromatic rings. The van der Waals surface area contributed by atoms with Gasteiger partial charge in [-0.3, -0.25) is 0 Å². The van der Waals surface area contributed by atoms with E-state index in [1.165, 1.54) is 0 Å². The number of fused-ring (bicyclic) bond motifs is 1. The largest absolute Gasteiger partial charge is 0.493 e. The second kappa shape index (κ2) is 5.85. The summed E-state index contributed by atoms with van der Waals surface area (Å²) >= 11 is 0. The van der Waals surface area contributed by atoms with Crippen molar-refractivity contribution >= 4 is 6.08 Å². The van der Waals surface area contributed by atoms with Gasteiger partial charge >= 0.3 is 0 Å². The van der Waals surface area contributed by atoms with Gasteiger partial charge in [0.05, 0.1) is 19.3 Å². The summed E-state index contributed by atoms with van der Waals surface area (Å²) in [6.07, 6.45) is 4.37. The Morgan fingerprint density at radius 3 is 2.75 bits per heavy atom. The molecule has 0 bridgehead atoms. The number of hydrogen-bond acceptors (Lipinski definition) is 4. The predicted octanol–water partition coefficient (Wildman–Crippen LogP) is 2.43. The highest BCUT2D eigenvalue weighted by Crippen LogP contribution is 2.41. The number of aliphatic hydroxyl groups is 1. The summed E-state index contributed by atoms with van der Waals surface area (Å²) in [5, 5.41) is 10.1. The standard InChI is InChI=1S/C16H22O4/c1-16(2,17)14-10-12-8-11(6-5-7-18-3)9-13(19-4)15(12)20-14/h5-6,8-9,14,17H,7,10H2,1-4H3/b6-5+/t14-/m0/s1. The van der Waals surface area contributed by atoms with Crippen molar-refractivity contribution in [1.29, 1.82) is 0 Å². The Labute approximate surface area is 120 Å². The normalized spacial score (nSPS) is 18.1. The van der Waals surface area contributed by atoms with Crippen molar-refractivity contribution in [1.82, 2.24) is 0 Å². The van der Waals surface area contributed by atoms with Crippen LogP contribution in [-0.4, -0.2) is 37.6 Å². The van der Waals surface area contributed by atoms with Crippen LogP contribution in [0.1, 0.15) is 25.0 Å². The molecular weight excluding hydrogens is 256 g/mol. The van der Waals surface area contributed by atoms with Crippen LogP contribution in [0.15, 0.2) is 18.2 Å². The maximum Gasteiger partial charge on any atom is 0.165 e. The predicted molar refractivity (Wildman–Crippen MR) is 78.3 cm³/mol. The van der Waals surface area contributed by atoms with E-state index in [0.29, 0.717) is 18.8 Å². The van der Waals surface area contributed by atoms with Crippen molar-refractivity contribution in [2.45, 2.75) is 32.0 Å².